The number of nitrogens with one attached hydrogen (secondary N) is 1. The third-order valence-corrected chi connectivity index (χ3v) is 3.27. The van der Waals surface area contributed by atoms with Crippen molar-refractivity contribution < 1.29 is 19.2 Å². The molecule has 2 aromatic carbocycles. The van der Waals surface area contributed by atoms with Crippen LogP contribution in [0.5, 0.6) is 11.5 Å². The Balaban J connectivity index is 2.03. The maximum Gasteiger partial charge on any atom is 0.271 e. The minimum atomic E-state index is -0.528. The minimum Gasteiger partial charge on any atom is -0.493 e. The zero-order chi connectivity index (χ0) is 19.1. The Morgan fingerprint density at radius 3 is 2.46 bits per heavy atom. The molecule has 0 aliphatic rings. The quantitative estimate of drug-likeness (QED) is 0.466. The van der Waals surface area contributed by atoms with Gasteiger partial charge in [-0.15, -0.1) is 0 Å². The number of hydrogen-bond acceptors (Lipinski definition) is 6. The predicted molar refractivity (Wildman–Crippen MR) is 96.9 cm³/mol. The average molecular weight is 357 g/mol. The smallest absolute Gasteiger partial charge is 0.271 e. The second-order valence-electron chi connectivity index (χ2n) is 5.58. The van der Waals surface area contributed by atoms with Gasteiger partial charge in [0.25, 0.3) is 11.6 Å². The molecule has 0 saturated heterocycles. The second kappa shape index (κ2) is 8.61. The summed E-state index contributed by atoms with van der Waals surface area (Å²) in [5.41, 5.74) is 3.27. The second-order valence-corrected chi connectivity index (χ2v) is 5.58. The Bertz CT molecular complexity index is 816. The molecule has 0 unspecified atom stereocenters. The third kappa shape index (κ3) is 5.04. The fourth-order valence-electron chi connectivity index (χ4n) is 2.08. The van der Waals surface area contributed by atoms with Crippen molar-refractivity contribution in [3.63, 3.8) is 0 Å². The number of hydrazone groups is 1. The number of non-ortho nitro benzene ring substituents is 1. The number of hydrogen-bond donors (Lipinski definition) is 1. The lowest BCUT2D eigenvalue weighted by molar-refractivity contribution is -0.384. The van der Waals surface area contributed by atoms with Gasteiger partial charge in [-0.1, -0.05) is 0 Å². The molecule has 0 spiro atoms. The Labute approximate surface area is 150 Å². The molecule has 0 bridgehead atoms. The van der Waals surface area contributed by atoms with E-state index in [1.165, 1.54) is 30.5 Å². The van der Waals surface area contributed by atoms with Crippen molar-refractivity contribution in [3.05, 3.63) is 63.7 Å². The summed E-state index contributed by atoms with van der Waals surface area (Å²) in [4.78, 5) is 22.1. The summed E-state index contributed by atoms with van der Waals surface area (Å²) < 4.78 is 10.9. The van der Waals surface area contributed by atoms with Gasteiger partial charge in [-0.2, -0.15) is 5.10 Å². The fraction of sp³-hybridized carbons (Fsp3) is 0.222. The highest BCUT2D eigenvalue weighted by atomic mass is 16.6. The number of nitro benzene ring substituents is 1. The van der Waals surface area contributed by atoms with Crippen molar-refractivity contribution in [1.29, 1.82) is 0 Å². The van der Waals surface area contributed by atoms with Gasteiger partial charge in [0.05, 0.1) is 24.4 Å². The van der Waals surface area contributed by atoms with E-state index < -0.39 is 10.8 Å². The molecule has 1 N–H and O–H groups in total. The predicted octanol–water partition coefficient (Wildman–Crippen LogP) is 3.15. The summed E-state index contributed by atoms with van der Waals surface area (Å²) >= 11 is 0. The normalized spacial score (nSPS) is 10.8. The molecular formula is C18H19N3O5. The standard InChI is InChI=1S/C18H19N3O5/c1-12(2)26-16-9-4-13(10-17(16)25-3)11-19-20-18(22)14-5-7-15(8-6-14)21(23)24/h4-12H,1-3H3,(H,20,22)/b19-11-. The molecule has 0 atom stereocenters. The highest BCUT2D eigenvalue weighted by Crippen LogP contribution is 2.28. The molecule has 2 aromatic rings. The maximum atomic E-state index is 12.0. The lowest BCUT2D eigenvalue weighted by Crippen LogP contribution is -2.17. The van der Waals surface area contributed by atoms with E-state index in [2.05, 4.69) is 10.5 Å². The van der Waals surface area contributed by atoms with E-state index in [9.17, 15) is 14.9 Å². The van der Waals surface area contributed by atoms with E-state index in [0.717, 1.165) is 0 Å². The van der Waals surface area contributed by atoms with Gasteiger partial charge in [-0.05, 0) is 49.7 Å². The minimum absolute atomic E-state index is 0.0180. The lowest BCUT2D eigenvalue weighted by Gasteiger charge is -2.13. The molecule has 0 aliphatic heterocycles. The van der Waals surface area contributed by atoms with Gasteiger partial charge in [0.15, 0.2) is 11.5 Å². The molecule has 2 rings (SSSR count). The van der Waals surface area contributed by atoms with E-state index in [1.807, 2.05) is 13.8 Å². The molecule has 0 aliphatic carbocycles. The van der Waals surface area contributed by atoms with Gasteiger partial charge >= 0.3 is 0 Å². The van der Waals surface area contributed by atoms with Crippen molar-refractivity contribution in [3.8, 4) is 11.5 Å². The number of carbonyl (C=O) groups excluding carboxylic acids is 1. The Morgan fingerprint density at radius 1 is 1.19 bits per heavy atom. The van der Waals surface area contributed by atoms with Crippen molar-refractivity contribution >= 4 is 17.8 Å². The Hall–Kier alpha value is -3.42. The van der Waals surface area contributed by atoms with Crippen molar-refractivity contribution in [2.75, 3.05) is 7.11 Å². The first-order valence-corrected chi connectivity index (χ1v) is 7.83. The molecule has 0 radical (unpaired) electrons. The highest BCUT2D eigenvalue weighted by Gasteiger charge is 2.09. The molecule has 0 aromatic heterocycles. The van der Waals surface area contributed by atoms with E-state index in [0.29, 0.717) is 17.1 Å². The summed E-state index contributed by atoms with van der Waals surface area (Å²) in [5.74, 6) is 0.710. The molecule has 26 heavy (non-hydrogen) atoms. The molecular weight excluding hydrogens is 338 g/mol. The summed E-state index contributed by atoms with van der Waals surface area (Å²) in [5, 5.41) is 14.5. The van der Waals surface area contributed by atoms with Crippen LogP contribution in [0.2, 0.25) is 0 Å². The molecule has 8 nitrogen and oxygen atoms in total. The Morgan fingerprint density at radius 2 is 1.88 bits per heavy atom. The van der Waals surface area contributed by atoms with Gasteiger partial charge in [0, 0.05) is 17.7 Å². The number of rotatable bonds is 7. The van der Waals surface area contributed by atoms with Crippen LogP contribution in [0.4, 0.5) is 5.69 Å². The van der Waals surface area contributed by atoms with Crippen molar-refractivity contribution in [1.82, 2.24) is 5.43 Å². The fourth-order valence-corrected chi connectivity index (χ4v) is 2.08. The SMILES string of the molecule is COc1cc(/C=N\NC(=O)c2ccc([N+](=O)[O-])cc2)ccc1OC(C)C. The molecule has 1 amide bonds. The van der Waals surface area contributed by atoms with Gasteiger partial charge < -0.3 is 9.47 Å². The van der Waals surface area contributed by atoms with Crippen LogP contribution in [0.1, 0.15) is 29.8 Å². The van der Waals surface area contributed by atoms with E-state index in [1.54, 1.807) is 25.3 Å². The van der Waals surface area contributed by atoms with E-state index in [-0.39, 0.29) is 17.4 Å². The monoisotopic (exact) mass is 357 g/mol. The van der Waals surface area contributed by atoms with Gasteiger partial charge in [-0.25, -0.2) is 5.43 Å². The average Bonchev–Trinajstić information content (AvgIpc) is 2.62. The van der Waals surface area contributed by atoms with Crippen LogP contribution in [0, 0.1) is 10.1 Å². The number of benzene rings is 2. The van der Waals surface area contributed by atoms with Gasteiger partial charge in [0.2, 0.25) is 0 Å². The zero-order valence-electron chi connectivity index (χ0n) is 14.6. The molecule has 0 fully saturated rings. The molecule has 136 valence electrons. The first kappa shape index (κ1) is 18.9. The van der Waals surface area contributed by atoms with E-state index >= 15 is 0 Å². The Kier molecular flexibility index (Phi) is 6.26. The van der Waals surface area contributed by atoms with Gasteiger partial charge in [-0.3, -0.25) is 14.9 Å². The molecule has 0 saturated carbocycles. The third-order valence-electron chi connectivity index (χ3n) is 3.27. The zero-order valence-corrected chi connectivity index (χ0v) is 14.6. The van der Waals surface area contributed by atoms with Crippen LogP contribution in [0.15, 0.2) is 47.6 Å². The lowest BCUT2D eigenvalue weighted by atomic mass is 10.2. The van der Waals surface area contributed by atoms with Crippen LogP contribution in [-0.4, -0.2) is 30.3 Å². The highest BCUT2D eigenvalue weighted by molar-refractivity contribution is 5.95. The summed E-state index contributed by atoms with van der Waals surface area (Å²) in [6.07, 6.45) is 1.48. The number of amides is 1. The molecule has 0 heterocycles. The number of ether oxygens (including phenoxy) is 2. The van der Waals surface area contributed by atoms with Crippen LogP contribution in [-0.2, 0) is 0 Å². The maximum absolute atomic E-state index is 12.0. The van der Waals surface area contributed by atoms with Crippen molar-refractivity contribution in [2.24, 2.45) is 5.10 Å². The summed E-state index contributed by atoms with van der Waals surface area (Å²) in [6, 6.07) is 10.5. The number of nitro groups is 1. The number of methoxy groups -OCH3 is 1. The van der Waals surface area contributed by atoms with Crippen LogP contribution in [0.25, 0.3) is 0 Å². The van der Waals surface area contributed by atoms with Crippen LogP contribution in [0.3, 0.4) is 0 Å². The van der Waals surface area contributed by atoms with E-state index in [4.69, 9.17) is 9.47 Å². The number of nitrogens with zero attached hydrogens (tertiary/aromatic N) is 2. The van der Waals surface area contributed by atoms with Crippen LogP contribution < -0.4 is 14.9 Å². The first-order valence-electron chi connectivity index (χ1n) is 7.83. The number of carbonyl (C=O) groups is 1. The topological polar surface area (TPSA) is 103 Å². The van der Waals surface area contributed by atoms with Crippen LogP contribution >= 0.6 is 0 Å². The van der Waals surface area contributed by atoms with Crippen molar-refractivity contribution in [2.45, 2.75) is 20.0 Å². The largest absolute Gasteiger partial charge is 0.493 e. The molecule has 8 heteroatoms. The summed E-state index contributed by atoms with van der Waals surface area (Å²) in [7, 11) is 1.54. The first-order chi connectivity index (χ1) is 12.4. The summed E-state index contributed by atoms with van der Waals surface area (Å²) in [6.45, 7) is 3.84. The van der Waals surface area contributed by atoms with Gasteiger partial charge in [0.1, 0.15) is 0 Å².